The highest BCUT2D eigenvalue weighted by molar-refractivity contribution is 6.46. The standard InChI is InChI=1S/C27H25NO5/c1-17-6-4-7-19(14-17)24-23(25(29)20-8-5-9-22(15-20)33-3)26(30)27(31)28(24)16-18-10-12-21(32-2)13-11-18/h4-15,24,29H,16H2,1-3H3/b25-23-. The highest BCUT2D eigenvalue weighted by Gasteiger charge is 2.46. The molecule has 1 fully saturated rings. The number of carbonyl (C=O) groups excluding carboxylic acids is 2. The number of ketones is 1. The number of benzene rings is 3. The first kappa shape index (κ1) is 22.1. The molecule has 1 unspecified atom stereocenters. The molecule has 0 bridgehead atoms. The highest BCUT2D eigenvalue weighted by Crippen LogP contribution is 2.40. The Balaban J connectivity index is 1.84. The average molecular weight is 443 g/mol. The minimum absolute atomic E-state index is 0.0624. The minimum atomic E-state index is -0.724. The van der Waals surface area contributed by atoms with E-state index in [1.807, 2.05) is 55.5 Å². The lowest BCUT2D eigenvalue weighted by Gasteiger charge is -2.26. The lowest BCUT2D eigenvalue weighted by molar-refractivity contribution is -0.140. The van der Waals surface area contributed by atoms with Gasteiger partial charge in [0.1, 0.15) is 17.3 Å². The second kappa shape index (κ2) is 9.20. The molecular formula is C27H25NO5. The van der Waals surface area contributed by atoms with Crippen molar-refractivity contribution in [2.24, 2.45) is 0 Å². The van der Waals surface area contributed by atoms with Crippen LogP contribution in [0.1, 0.15) is 28.3 Å². The molecule has 168 valence electrons. The van der Waals surface area contributed by atoms with Gasteiger partial charge >= 0.3 is 0 Å². The van der Waals surface area contributed by atoms with Crippen LogP contribution in [0.4, 0.5) is 0 Å². The number of aryl methyl sites for hydroxylation is 1. The van der Waals surface area contributed by atoms with Crippen molar-refractivity contribution in [3.05, 3.63) is 101 Å². The van der Waals surface area contributed by atoms with Crippen LogP contribution in [0.25, 0.3) is 5.76 Å². The third-order valence-corrected chi connectivity index (χ3v) is 5.75. The minimum Gasteiger partial charge on any atom is -0.507 e. The molecule has 1 saturated heterocycles. The summed E-state index contributed by atoms with van der Waals surface area (Å²) in [7, 11) is 3.11. The molecule has 1 atom stereocenters. The van der Waals surface area contributed by atoms with Crippen molar-refractivity contribution in [1.82, 2.24) is 4.90 Å². The second-order valence-electron chi connectivity index (χ2n) is 7.92. The number of ether oxygens (including phenoxy) is 2. The normalized spacial score (nSPS) is 17.3. The number of nitrogens with zero attached hydrogens (tertiary/aromatic N) is 1. The largest absolute Gasteiger partial charge is 0.507 e. The number of aliphatic hydroxyl groups excluding tert-OH is 1. The van der Waals surface area contributed by atoms with Crippen molar-refractivity contribution in [3.63, 3.8) is 0 Å². The third kappa shape index (κ3) is 4.32. The van der Waals surface area contributed by atoms with Gasteiger partial charge in [0.2, 0.25) is 0 Å². The Labute approximate surface area is 192 Å². The number of hydrogen-bond acceptors (Lipinski definition) is 5. The number of Topliss-reactive ketones (excluding diaryl/α,β-unsaturated/α-hetero) is 1. The molecule has 4 rings (SSSR count). The van der Waals surface area contributed by atoms with Crippen LogP contribution in [-0.2, 0) is 16.1 Å². The first-order valence-corrected chi connectivity index (χ1v) is 10.5. The molecule has 0 radical (unpaired) electrons. The van der Waals surface area contributed by atoms with E-state index in [1.54, 1.807) is 31.4 Å². The van der Waals surface area contributed by atoms with Crippen LogP contribution in [-0.4, -0.2) is 35.9 Å². The SMILES string of the molecule is COc1ccc(CN2C(=O)C(=O)/C(=C(\O)c3cccc(OC)c3)C2c2cccc(C)c2)cc1. The van der Waals surface area contributed by atoms with Gasteiger partial charge in [0.25, 0.3) is 11.7 Å². The van der Waals surface area contributed by atoms with Crippen LogP contribution in [0.5, 0.6) is 11.5 Å². The molecule has 0 aliphatic carbocycles. The van der Waals surface area contributed by atoms with E-state index in [4.69, 9.17) is 9.47 Å². The molecule has 0 saturated carbocycles. The maximum atomic E-state index is 13.2. The Morgan fingerprint density at radius 2 is 1.61 bits per heavy atom. The van der Waals surface area contributed by atoms with Crippen molar-refractivity contribution in [1.29, 1.82) is 0 Å². The maximum Gasteiger partial charge on any atom is 0.295 e. The van der Waals surface area contributed by atoms with Gasteiger partial charge in [0.15, 0.2) is 0 Å². The molecule has 6 heteroatoms. The molecule has 6 nitrogen and oxygen atoms in total. The van der Waals surface area contributed by atoms with Gasteiger partial charge in [-0.05, 0) is 42.3 Å². The Morgan fingerprint density at radius 1 is 0.909 bits per heavy atom. The van der Waals surface area contributed by atoms with E-state index < -0.39 is 17.7 Å². The Kier molecular flexibility index (Phi) is 6.18. The molecule has 0 aromatic heterocycles. The van der Waals surface area contributed by atoms with Gasteiger partial charge in [0, 0.05) is 12.1 Å². The summed E-state index contributed by atoms with van der Waals surface area (Å²) in [6.45, 7) is 2.16. The number of hydrogen-bond donors (Lipinski definition) is 1. The zero-order valence-electron chi connectivity index (χ0n) is 18.7. The van der Waals surface area contributed by atoms with Crippen LogP contribution < -0.4 is 9.47 Å². The second-order valence-corrected chi connectivity index (χ2v) is 7.92. The van der Waals surface area contributed by atoms with Gasteiger partial charge < -0.3 is 19.5 Å². The van der Waals surface area contributed by atoms with Crippen LogP contribution in [0, 0.1) is 6.92 Å². The molecule has 1 aliphatic heterocycles. The molecule has 3 aromatic rings. The van der Waals surface area contributed by atoms with E-state index in [9.17, 15) is 14.7 Å². The van der Waals surface area contributed by atoms with Gasteiger partial charge in [0.05, 0.1) is 25.8 Å². The highest BCUT2D eigenvalue weighted by atomic mass is 16.5. The number of aliphatic hydroxyl groups is 1. The first-order chi connectivity index (χ1) is 15.9. The number of methoxy groups -OCH3 is 2. The first-order valence-electron chi connectivity index (χ1n) is 10.5. The fourth-order valence-electron chi connectivity index (χ4n) is 4.08. The summed E-state index contributed by atoms with van der Waals surface area (Å²) in [6, 6.07) is 21.0. The quantitative estimate of drug-likeness (QED) is 0.341. The van der Waals surface area contributed by atoms with E-state index in [-0.39, 0.29) is 17.9 Å². The third-order valence-electron chi connectivity index (χ3n) is 5.75. The number of likely N-dealkylation sites (tertiary alicyclic amines) is 1. The number of carbonyl (C=O) groups is 2. The number of amides is 1. The predicted molar refractivity (Wildman–Crippen MR) is 125 cm³/mol. The van der Waals surface area contributed by atoms with Crippen molar-refractivity contribution in [3.8, 4) is 11.5 Å². The van der Waals surface area contributed by atoms with E-state index >= 15 is 0 Å². The summed E-state index contributed by atoms with van der Waals surface area (Å²) in [5, 5.41) is 11.2. The van der Waals surface area contributed by atoms with Crippen molar-refractivity contribution >= 4 is 17.4 Å². The predicted octanol–water partition coefficient (Wildman–Crippen LogP) is 4.63. The summed E-state index contributed by atoms with van der Waals surface area (Å²) in [5.74, 6) is -0.347. The monoisotopic (exact) mass is 443 g/mol. The van der Waals surface area contributed by atoms with E-state index in [0.29, 0.717) is 17.1 Å². The van der Waals surface area contributed by atoms with E-state index in [1.165, 1.54) is 12.0 Å². The molecule has 0 spiro atoms. The summed E-state index contributed by atoms with van der Waals surface area (Å²) >= 11 is 0. The van der Waals surface area contributed by atoms with Crippen molar-refractivity contribution in [2.45, 2.75) is 19.5 Å². The molecule has 33 heavy (non-hydrogen) atoms. The average Bonchev–Trinajstić information content (AvgIpc) is 3.09. The number of rotatable bonds is 6. The van der Waals surface area contributed by atoms with Crippen LogP contribution in [0.2, 0.25) is 0 Å². The topological polar surface area (TPSA) is 76.1 Å². The van der Waals surface area contributed by atoms with Gasteiger partial charge in [-0.15, -0.1) is 0 Å². The Bertz CT molecular complexity index is 1230. The van der Waals surface area contributed by atoms with Crippen LogP contribution >= 0.6 is 0 Å². The van der Waals surface area contributed by atoms with Gasteiger partial charge in [-0.3, -0.25) is 9.59 Å². The maximum absolute atomic E-state index is 13.2. The van der Waals surface area contributed by atoms with Gasteiger partial charge in [-0.25, -0.2) is 0 Å². The Hall–Kier alpha value is -4.06. The molecule has 1 aliphatic rings. The van der Waals surface area contributed by atoms with Gasteiger partial charge in [-0.1, -0.05) is 54.1 Å². The molecular weight excluding hydrogens is 418 g/mol. The Morgan fingerprint density at radius 3 is 2.27 bits per heavy atom. The molecule has 3 aromatic carbocycles. The molecule has 1 N–H and O–H groups in total. The summed E-state index contributed by atoms with van der Waals surface area (Å²) < 4.78 is 10.5. The zero-order valence-corrected chi connectivity index (χ0v) is 18.7. The van der Waals surface area contributed by atoms with Crippen molar-refractivity contribution < 1.29 is 24.2 Å². The van der Waals surface area contributed by atoms with E-state index in [0.717, 1.165) is 16.7 Å². The molecule has 1 amide bonds. The molecule has 1 heterocycles. The van der Waals surface area contributed by atoms with Gasteiger partial charge in [-0.2, -0.15) is 0 Å². The lowest BCUT2D eigenvalue weighted by atomic mass is 9.94. The fourth-order valence-corrected chi connectivity index (χ4v) is 4.08. The van der Waals surface area contributed by atoms with Crippen molar-refractivity contribution in [2.75, 3.05) is 14.2 Å². The lowest BCUT2D eigenvalue weighted by Crippen LogP contribution is -2.29. The summed E-state index contributed by atoms with van der Waals surface area (Å²) in [5.41, 5.74) is 3.06. The summed E-state index contributed by atoms with van der Waals surface area (Å²) in [4.78, 5) is 27.8. The fraction of sp³-hybridized carbons (Fsp3) is 0.185. The van der Waals surface area contributed by atoms with E-state index in [2.05, 4.69) is 0 Å². The van der Waals surface area contributed by atoms with Crippen LogP contribution in [0.15, 0.2) is 78.4 Å². The zero-order chi connectivity index (χ0) is 23.5. The van der Waals surface area contributed by atoms with Crippen LogP contribution in [0.3, 0.4) is 0 Å². The summed E-state index contributed by atoms with van der Waals surface area (Å²) in [6.07, 6.45) is 0. The smallest absolute Gasteiger partial charge is 0.295 e.